The monoisotopic (exact) mass is 667 g/mol. The third-order valence-corrected chi connectivity index (χ3v) is 7.60. The van der Waals surface area contributed by atoms with Crippen LogP contribution in [-0.2, 0) is 49.3 Å². The average molecular weight is 668 g/mol. The Balaban J connectivity index is 1.02. The Bertz CT molecular complexity index is 981. The molecule has 2 aliphatic rings. The molecule has 2 heterocycles. The second kappa shape index (κ2) is 23.1. The van der Waals surface area contributed by atoms with E-state index in [2.05, 4.69) is 15.1 Å². The molecule has 1 aromatic rings. The van der Waals surface area contributed by atoms with Gasteiger partial charge in [-0.3, -0.25) is 14.6 Å². The standard InChI is InChI=1S/C34H57N3O10/c1-34(2,3)47-32(38)9-13-40-17-21-44-23-24-45-22-20-43-16-12-37-27-30-25-31(37)26-36(30)11-15-42-19-18-41-14-10-35-33(39)46-28-29-7-5-4-6-8-29/h4-8,30-31H,9-28H2,1-3H3,(H,35,39)/t30-,31-/m0/s1. The zero-order chi connectivity index (χ0) is 33.6. The van der Waals surface area contributed by atoms with Crippen molar-refractivity contribution in [2.45, 2.75) is 57.9 Å². The molecule has 268 valence electrons. The van der Waals surface area contributed by atoms with E-state index in [9.17, 15) is 9.59 Å². The molecule has 2 fully saturated rings. The Kier molecular flexibility index (Phi) is 19.2. The fraction of sp³-hybridized carbons (Fsp3) is 0.765. The summed E-state index contributed by atoms with van der Waals surface area (Å²) in [6, 6.07) is 10.8. The number of hydrogen-bond acceptors (Lipinski definition) is 12. The van der Waals surface area contributed by atoms with Crippen LogP contribution in [0.5, 0.6) is 0 Å². The largest absolute Gasteiger partial charge is 0.460 e. The molecule has 1 aromatic carbocycles. The van der Waals surface area contributed by atoms with Crippen molar-refractivity contribution in [3.8, 4) is 0 Å². The smallest absolute Gasteiger partial charge is 0.407 e. The van der Waals surface area contributed by atoms with E-state index in [0.717, 1.165) is 31.7 Å². The van der Waals surface area contributed by atoms with Crippen LogP contribution in [-0.4, -0.2) is 152 Å². The fourth-order valence-electron chi connectivity index (χ4n) is 5.37. The lowest BCUT2D eigenvalue weighted by atomic mass is 10.2. The minimum absolute atomic E-state index is 0.241. The van der Waals surface area contributed by atoms with Crippen LogP contribution < -0.4 is 5.32 Å². The second-order valence-electron chi connectivity index (χ2n) is 12.5. The van der Waals surface area contributed by atoms with Gasteiger partial charge in [-0.25, -0.2) is 4.79 Å². The van der Waals surface area contributed by atoms with Gasteiger partial charge in [-0.1, -0.05) is 30.3 Å². The van der Waals surface area contributed by atoms with E-state index in [1.54, 1.807) is 0 Å². The quantitative estimate of drug-likeness (QED) is 0.115. The van der Waals surface area contributed by atoms with Gasteiger partial charge in [0.25, 0.3) is 0 Å². The minimum Gasteiger partial charge on any atom is -0.460 e. The van der Waals surface area contributed by atoms with E-state index in [-0.39, 0.29) is 19.0 Å². The van der Waals surface area contributed by atoms with Gasteiger partial charge in [0.05, 0.1) is 85.7 Å². The van der Waals surface area contributed by atoms with Crippen molar-refractivity contribution >= 4 is 12.1 Å². The van der Waals surface area contributed by atoms with Gasteiger partial charge in [0.2, 0.25) is 0 Å². The van der Waals surface area contributed by atoms with Crippen LogP contribution >= 0.6 is 0 Å². The van der Waals surface area contributed by atoms with Crippen LogP contribution in [0.2, 0.25) is 0 Å². The van der Waals surface area contributed by atoms with Crippen molar-refractivity contribution in [2.24, 2.45) is 0 Å². The van der Waals surface area contributed by atoms with Crippen LogP contribution in [0.3, 0.4) is 0 Å². The van der Waals surface area contributed by atoms with Crippen molar-refractivity contribution in [2.75, 3.05) is 112 Å². The number of rotatable bonds is 26. The van der Waals surface area contributed by atoms with Gasteiger partial charge < -0.3 is 43.2 Å². The maximum Gasteiger partial charge on any atom is 0.407 e. The molecular formula is C34H57N3O10. The number of piperazine rings is 1. The number of amides is 1. The molecule has 0 unspecified atom stereocenters. The highest BCUT2D eigenvalue weighted by Crippen LogP contribution is 2.29. The van der Waals surface area contributed by atoms with Gasteiger partial charge >= 0.3 is 12.1 Å². The number of carbonyl (C=O) groups excluding carboxylic acids is 2. The third-order valence-electron chi connectivity index (χ3n) is 7.60. The summed E-state index contributed by atoms with van der Waals surface area (Å²) in [4.78, 5) is 28.4. The number of carbonyl (C=O) groups is 2. The maximum absolute atomic E-state index is 11.7. The lowest BCUT2D eigenvalue weighted by Gasteiger charge is -2.34. The maximum atomic E-state index is 11.7. The number of nitrogens with one attached hydrogen (secondary N) is 1. The summed E-state index contributed by atoms with van der Waals surface area (Å²) in [6.07, 6.45) is 1.00. The first kappa shape index (κ1) is 39.1. The highest BCUT2D eigenvalue weighted by atomic mass is 16.6. The highest BCUT2D eigenvalue weighted by Gasteiger charge is 2.42. The molecule has 13 nitrogen and oxygen atoms in total. The number of esters is 1. The molecule has 0 spiro atoms. The third kappa shape index (κ3) is 18.1. The van der Waals surface area contributed by atoms with Crippen LogP contribution in [0.4, 0.5) is 4.79 Å². The van der Waals surface area contributed by atoms with Crippen molar-refractivity contribution in [1.29, 1.82) is 0 Å². The first-order valence-electron chi connectivity index (χ1n) is 16.9. The first-order valence-corrected chi connectivity index (χ1v) is 16.9. The van der Waals surface area contributed by atoms with Crippen LogP contribution in [0.15, 0.2) is 30.3 Å². The molecule has 13 heteroatoms. The number of benzene rings is 1. The Morgan fingerprint density at radius 3 is 1.70 bits per heavy atom. The molecule has 2 saturated heterocycles. The van der Waals surface area contributed by atoms with Crippen LogP contribution in [0.25, 0.3) is 0 Å². The molecule has 0 aromatic heterocycles. The predicted molar refractivity (Wildman–Crippen MR) is 175 cm³/mol. The van der Waals surface area contributed by atoms with Crippen molar-refractivity contribution in [3.05, 3.63) is 35.9 Å². The number of likely N-dealkylation sites (tertiary alicyclic amines) is 2. The van der Waals surface area contributed by atoms with Gasteiger partial charge in [-0.2, -0.15) is 0 Å². The van der Waals surface area contributed by atoms with E-state index in [4.69, 9.17) is 37.9 Å². The Morgan fingerprint density at radius 2 is 1.19 bits per heavy atom. The molecule has 2 atom stereocenters. The number of hydrogen-bond donors (Lipinski definition) is 1. The Hall–Kier alpha value is -2.36. The molecule has 47 heavy (non-hydrogen) atoms. The van der Waals surface area contributed by atoms with Crippen molar-refractivity contribution < 1.29 is 47.5 Å². The van der Waals surface area contributed by atoms with Gasteiger partial charge in [-0.15, -0.1) is 0 Å². The molecule has 2 bridgehead atoms. The molecular weight excluding hydrogens is 610 g/mol. The van der Waals surface area contributed by atoms with E-state index in [1.165, 1.54) is 6.42 Å². The summed E-state index contributed by atoms with van der Waals surface area (Å²) >= 11 is 0. The van der Waals surface area contributed by atoms with E-state index in [1.807, 2.05) is 51.1 Å². The normalized spacial score (nSPS) is 18.1. The highest BCUT2D eigenvalue weighted by molar-refractivity contribution is 5.69. The number of fused-ring (bicyclic) bond motifs is 2. The molecule has 2 aliphatic heterocycles. The molecule has 0 radical (unpaired) electrons. The van der Waals surface area contributed by atoms with E-state index < -0.39 is 11.7 Å². The summed E-state index contributed by atoms with van der Waals surface area (Å²) in [6.45, 7) is 16.4. The zero-order valence-electron chi connectivity index (χ0n) is 28.7. The van der Waals surface area contributed by atoms with Gasteiger partial charge in [-0.05, 0) is 32.8 Å². The predicted octanol–water partition coefficient (Wildman–Crippen LogP) is 2.50. The second-order valence-corrected chi connectivity index (χ2v) is 12.5. The van der Waals surface area contributed by atoms with E-state index in [0.29, 0.717) is 97.9 Å². The van der Waals surface area contributed by atoms with Gasteiger partial charge in [0.1, 0.15) is 12.2 Å². The topological polar surface area (TPSA) is 126 Å². The first-order chi connectivity index (χ1) is 22.8. The van der Waals surface area contributed by atoms with Gasteiger partial charge in [0, 0.05) is 44.8 Å². The fourth-order valence-corrected chi connectivity index (χ4v) is 5.37. The summed E-state index contributed by atoms with van der Waals surface area (Å²) in [5.41, 5.74) is 0.482. The summed E-state index contributed by atoms with van der Waals surface area (Å²) in [5, 5.41) is 2.69. The van der Waals surface area contributed by atoms with Crippen LogP contribution in [0, 0.1) is 0 Å². The lowest BCUT2D eigenvalue weighted by molar-refractivity contribution is -0.156. The molecule has 0 aliphatic carbocycles. The summed E-state index contributed by atoms with van der Waals surface area (Å²) in [7, 11) is 0. The average Bonchev–Trinajstić information content (AvgIpc) is 3.63. The molecule has 1 N–H and O–H groups in total. The van der Waals surface area contributed by atoms with Crippen LogP contribution in [0.1, 0.15) is 39.2 Å². The molecule has 1 amide bonds. The van der Waals surface area contributed by atoms with Gasteiger partial charge in [0.15, 0.2) is 0 Å². The van der Waals surface area contributed by atoms with Crippen molar-refractivity contribution in [1.82, 2.24) is 15.1 Å². The molecule has 0 saturated carbocycles. The lowest BCUT2D eigenvalue weighted by Crippen LogP contribution is -2.48. The minimum atomic E-state index is -0.469. The van der Waals surface area contributed by atoms with Crippen molar-refractivity contribution in [3.63, 3.8) is 0 Å². The summed E-state index contributed by atoms with van der Waals surface area (Å²) < 4.78 is 43.9. The number of ether oxygens (including phenoxy) is 8. The zero-order valence-corrected chi connectivity index (χ0v) is 28.7. The Morgan fingerprint density at radius 1 is 0.702 bits per heavy atom. The number of nitrogens with zero attached hydrogens (tertiary/aromatic N) is 2. The SMILES string of the molecule is CC(C)(C)OC(=O)CCOCCOCCOCCOCCN1C[C@@H]2C[C@H]1CN2CCOCCOCCNC(=O)OCc1ccccc1. The summed E-state index contributed by atoms with van der Waals surface area (Å²) in [5.74, 6) is -0.256. The molecule has 3 rings (SSSR count). The number of alkyl carbamates (subject to hydrolysis) is 1. The Labute approximate surface area is 280 Å². The van der Waals surface area contributed by atoms with E-state index >= 15 is 0 Å².